The van der Waals surface area contributed by atoms with Gasteiger partial charge >= 0.3 is 0 Å². The fourth-order valence-electron chi connectivity index (χ4n) is 0.846. The highest BCUT2D eigenvalue weighted by atomic mass is 14.0. The zero-order valence-corrected chi connectivity index (χ0v) is 5.57. The van der Waals surface area contributed by atoms with Crippen molar-refractivity contribution in [2.45, 2.75) is 19.8 Å². The first kappa shape index (κ1) is 5.68. The molecule has 0 bridgehead atoms. The second-order valence-corrected chi connectivity index (χ2v) is 2.53. The van der Waals surface area contributed by atoms with E-state index in [-0.39, 0.29) is 0 Å². The molecule has 1 aliphatic rings. The topological polar surface area (TPSA) is 0 Å². The molecule has 0 nitrogen and oxygen atoms in total. The van der Waals surface area contributed by atoms with E-state index in [2.05, 4.69) is 26.9 Å². The van der Waals surface area contributed by atoms with Crippen LogP contribution in [0.2, 0.25) is 0 Å². The lowest BCUT2D eigenvalue weighted by molar-refractivity contribution is 0.947. The molecule has 0 aromatic rings. The van der Waals surface area contributed by atoms with Crippen LogP contribution in [0.3, 0.4) is 0 Å². The van der Waals surface area contributed by atoms with E-state index in [1.54, 1.807) is 0 Å². The van der Waals surface area contributed by atoms with Crippen molar-refractivity contribution >= 4 is 7.85 Å². The Balaban J connectivity index is 2.65. The van der Waals surface area contributed by atoms with Gasteiger partial charge in [0.15, 0.2) is 0 Å². The van der Waals surface area contributed by atoms with Crippen LogP contribution in [0.1, 0.15) is 19.8 Å². The smallest absolute Gasteiger partial charge is 0.110 e. The van der Waals surface area contributed by atoms with Gasteiger partial charge in [-0.2, -0.15) is 0 Å². The van der Waals surface area contributed by atoms with Crippen molar-refractivity contribution in [3.05, 3.63) is 23.2 Å². The highest BCUT2D eigenvalue weighted by molar-refractivity contribution is 6.21. The third-order valence-corrected chi connectivity index (χ3v) is 1.57. The number of hydrogen-bond acceptors (Lipinski definition) is 0. The Morgan fingerprint density at radius 2 is 2.12 bits per heavy atom. The van der Waals surface area contributed by atoms with Crippen LogP contribution in [0, 0.1) is 0 Å². The quantitative estimate of drug-likeness (QED) is 0.407. The monoisotopic (exact) mass is 106 g/mol. The van der Waals surface area contributed by atoms with Crippen LogP contribution in [0.4, 0.5) is 0 Å². The Morgan fingerprint density at radius 1 is 1.38 bits per heavy atom. The lowest BCUT2D eigenvalue weighted by Gasteiger charge is -2.05. The summed E-state index contributed by atoms with van der Waals surface area (Å²) in [6, 6.07) is 0. The lowest BCUT2D eigenvalue weighted by atomic mass is 9.86. The summed E-state index contributed by atoms with van der Waals surface area (Å²) in [6.07, 6.45) is 6.95. The molecule has 1 rings (SSSR count). The minimum absolute atomic E-state index is 1.27. The molecule has 0 heterocycles. The van der Waals surface area contributed by atoms with Gasteiger partial charge in [-0.3, -0.25) is 0 Å². The maximum absolute atomic E-state index is 2.21. The van der Waals surface area contributed by atoms with Crippen molar-refractivity contribution in [3.63, 3.8) is 0 Å². The molecular weight excluding hydrogens is 94.9 g/mol. The Hall–Kier alpha value is -0.455. The molecule has 0 aliphatic heterocycles. The number of allylic oxidation sites excluding steroid dienone is 4. The van der Waals surface area contributed by atoms with Crippen LogP contribution in [0.5, 0.6) is 0 Å². The normalized spacial score (nSPS) is 19.6. The molecule has 0 N–H and O–H groups in total. The van der Waals surface area contributed by atoms with Gasteiger partial charge in [0.05, 0.1) is 0 Å². The number of rotatable bonds is 0. The molecule has 1 heteroatoms. The fourth-order valence-corrected chi connectivity index (χ4v) is 0.846. The predicted octanol–water partition coefficient (Wildman–Crippen LogP) is 1.24. The maximum atomic E-state index is 2.21. The van der Waals surface area contributed by atoms with Crippen molar-refractivity contribution < 1.29 is 0 Å². The summed E-state index contributed by atoms with van der Waals surface area (Å²) in [6.45, 7) is 2.18. The summed E-state index contributed by atoms with van der Waals surface area (Å²) in [5, 5.41) is 0. The first-order valence-corrected chi connectivity index (χ1v) is 3.12. The Morgan fingerprint density at radius 3 is 2.50 bits per heavy atom. The minimum Gasteiger partial charge on any atom is -0.110 e. The molecular formula is C7H11B. The van der Waals surface area contributed by atoms with E-state index in [1.165, 1.54) is 23.9 Å². The zero-order chi connectivity index (χ0) is 5.98. The average molecular weight is 106 g/mol. The molecule has 8 heavy (non-hydrogen) atoms. The highest BCUT2D eigenvalue weighted by Gasteiger charge is 1.95. The van der Waals surface area contributed by atoms with Gasteiger partial charge in [-0.15, -0.1) is 5.47 Å². The molecule has 1 aliphatic carbocycles. The predicted molar refractivity (Wildman–Crippen MR) is 39.6 cm³/mol. The Bertz CT molecular complexity index is 124. The van der Waals surface area contributed by atoms with Gasteiger partial charge in [0.2, 0.25) is 0 Å². The van der Waals surface area contributed by atoms with E-state index in [9.17, 15) is 0 Å². The van der Waals surface area contributed by atoms with Gasteiger partial charge in [0.25, 0.3) is 0 Å². The molecule has 0 saturated carbocycles. The molecule has 0 amide bonds. The second-order valence-electron chi connectivity index (χ2n) is 2.53. The second kappa shape index (κ2) is 2.21. The lowest BCUT2D eigenvalue weighted by Crippen LogP contribution is -1.88. The SMILES string of the molecule is BC1=CC=C(C)CC1. The van der Waals surface area contributed by atoms with Gasteiger partial charge in [-0.1, -0.05) is 17.7 Å². The summed E-state index contributed by atoms with van der Waals surface area (Å²) in [5.74, 6) is 0. The third kappa shape index (κ3) is 1.26. The van der Waals surface area contributed by atoms with E-state index in [0.29, 0.717) is 0 Å². The highest BCUT2D eigenvalue weighted by Crippen LogP contribution is 2.14. The molecule has 0 fully saturated rings. The standard InChI is InChI=1S/C7H11B/c1-6-2-4-7(8)5-3-6/h2,4H,3,5,8H2,1H3. The maximum Gasteiger partial charge on any atom is 0.133 e. The summed E-state index contributed by atoms with van der Waals surface area (Å²) < 4.78 is 0. The van der Waals surface area contributed by atoms with Crippen molar-refractivity contribution in [2.24, 2.45) is 0 Å². The van der Waals surface area contributed by atoms with E-state index in [1.807, 2.05) is 0 Å². The van der Waals surface area contributed by atoms with Gasteiger partial charge < -0.3 is 0 Å². The molecule has 42 valence electrons. The summed E-state index contributed by atoms with van der Waals surface area (Å²) in [7, 11) is 2.18. The molecule has 0 atom stereocenters. The Labute approximate surface area is 51.7 Å². The van der Waals surface area contributed by atoms with Crippen LogP contribution in [-0.2, 0) is 0 Å². The van der Waals surface area contributed by atoms with Gasteiger partial charge in [0, 0.05) is 0 Å². The van der Waals surface area contributed by atoms with E-state index < -0.39 is 0 Å². The zero-order valence-electron chi connectivity index (χ0n) is 5.57. The van der Waals surface area contributed by atoms with E-state index in [4.69, 9.17) is 0 Å². The van der Waals surface area contributed by atoms with Crippen molar-refractivity contribution in [2.75, 3.05) is 0 Å². The summed E-state index contributed by atoms with van der Waals surface area (Å²) in [4.78, 5) is 0. The molecule has 0 spiro atoms. The van der Waals surface area contributed by atoms with Crippen molar-refractivity contribution in [1.82, 2.24) is 0 Å². The molecule has 0 aromatic carbocycles. The van der Waals surface area contributed by atoms with Gasteiger partial charge in [-0.05, 0) is 19.8 Å². The van der Waals surface area contributed by atoms with Gasteiger partial charge in [0.1, 0.15) is 7.85 Å². The first-order valence-electron chi connectivity index (χ1n) is 3.12. The third-order valence-electron chi connectivity index (χ3n) is 1.57. The average Bonchev–Trinajstić information content (AvgIpc) is 1.77. The van der Waals surface area contributed by atoms with Crippen LogP contribution in [0.15, 0.2) is 23.2 Å². The molecule has 0 aromatic heterocycles. The first-order chi connectivity index (χ1) is 3.79. The van der Waals surface area contributed by atoms with Crippen LogP contribution < -0.4 is 0 Å². The molecule has 0 unspecified atom stereocenters. The van der Waals surface area contributed by atoms with Gasteiger partial charge in [-0.25, -0.2) is 0 Å². The minimum atomic E-state index is 1.27. The Kier molecular flexibility index (Phi) is 1.57. The van der Waals surface area contributed by atoms with E-state index in [0.717, 1.165) is 0 Å². The molecule has 0 saturated heterocycles. The van der Waals surface area contributed by atoms with Crippen molar-refractivity contribution in [1.29, 1.82) is 0 Å². The van der Waals surface area contributed by atoms with Crippen molar-refractivity contribution in [3.8, 4) is 0 Å². The van der Waals surface area contributed by atoms with Crippen LogP contribution in [0.25, 0.3) is 0 Å². The van der Waals surface area contributed by atoms with E-state index >= 15 is 0 Å². The fraction of sp³-hybridized carbons (Fsp3) is 0.429. The largest absolute Gasteiger partial charge is 0.133 e. The summed E-state index contributed by atoms with van der Waals surface area (Å²) in [5.41, 5.74) is 3.02. The van der Waals surface area contributed by atoms with Crippen LogP contribution in [-0.4, -0.2) is 7.85 Å². The molecule has 0 radical (unpaired) electrons. The number of hydrogen-bond donors (Lipinski definition) is 0. The van der Waals surface area contributed by atoms with Crippen LogP contribution >= 0.6 is 0 Å². The summed E-state index contributed by atoms with van der Waals surface area (Å²) >= 11 is 0.